The molecule has 4 unspecified atom stereocenters. The van der Waals surface area contributed by atoms with E-state index in [4.69, 9.17) is 0 Å². The average Bonchev–Trinajstić information content (AvgIpc) is 3.55. The standard InChI is InChI=1S/C19H13N2.C17H32O2.Ir/c1-2-9-16(10-3-1)21-18-12-5-4-8-15(18)14-19(21)17-11-6-7-13-20-17;1-5-16(6-2)10-9-12-11-17(7-3,8-4)15(19)13(12)14(16)18;/h1-13H;12-15,18-19H,5-11H2,1-4H3;/q-1;;. The summed E-state index contributed by atoms with van der Waals surface area (Å²) in [6.07, 6.45) is 8.79. The molecule has 5 heteroatoms. The summed E-state index contributed by atoms with van der Waals surface area (Å²) in [5.74, 6) is 0.657. The first-order valence-corrected chi connectivity index (χ1v) is 15.3. The molecule has 4 atom stereocenters. The maximum atomic E-state index is 10.9. The molecule has 6 rings (SSSR count). The van der Waals surface area contributed by atoms with Gasteiger partial charge < -0.3 is 19.8 Å². The van der Waals surface area contributed by atoms with Gasteiger partial charge in [-0.25, -0.2) is 0 Å². The summed E-state index contributed by atoms with van der Waals surface area (Å²) in [5.41, 5.74) is 4.30. The molecule has 4 aromatic rings. The van der Waals surface area contributed by atoms with E-state index in [0.29, 0.717) is 5.92 Å². The maximum Gasteiger partial charge on any atom is 0.0651 e. The van der Waals surface area contributed by atoms with Crippen molar-refractivity contribution in [2.45, 2.75) is 84.8 Å². The molecule has 4 nitrogen and oxygen atoms in total. The number of hydrogen-bond acceptors (Lipinski definition) is 3. The number of nitrogens with zero attached hydrogens (tertiary/aromatic N) is 2. The molecule has 0 bridgehead atoms. The molecule has 2 aromatic carbocycles. The Morgan fingerprint density at radius 2 is 1.41 bits per heavy atom. The first-order chi connectivity index (χ1) is 19.4. The van der Waals surface area contributed by atoms with Gasteiger partial charge in [0.2, 0.25) is 0 Å². The minimum Gasteiger partial charge on any atom is -0.392 e. The summed E-state index contributed by atoms with van der Waals surface area (Å²) < 4.78 is 2.21. The van der Waals surface area contributed by atoms with Gasteiger partial charge in [-0.1, -0.05) is 70.2 Å². The van der Waals surface area contributed by atoms with Crippen molar-refractivity contribution in [3.63, 3.8) is 0 Å². The Morgan fingerprint density at radius 1 is 0.805 bits per heavy atom. The third-order valence-corrected chi connectivity index (χ3v) is 10.6. The predicted octanol–water partition coefficient (Wildman–Crippen LogP) is 8.24. The first-order valence-electron chi connectivity index (χ1n) is 15.3. The van der Waals surface area contributed by atoms with E-state index in [2.05, 4.69) is 73.6 Å². The Morgan fingerprint density at radius 3 is 2.05 bits per heavy atom. The molecular weight excluding hydrogens is 685 g/mol. The number of aromatic nitrogens is 2. The van der Waals surface area contributed by atoms with E-state index in [9.17, 15) is 10.2 Å². The van der Waals surface area contributed by atoms with Crippen molar-refractivity contribution >= 4 is 10.9 Å². The molecule has 0 amide bonds. The zero-order valence-electron chi connectivity index (χ0n) is 24.9. The Hall–Kier alpha value is -2.30. The fourth-order valence-electron chi connectivity index (χ4n) is 7.78. The fourth-order valence-corrected chi connectivity index (χ4v) is 7.78. The molecule has 2 N–H and O–H groups in total. The van der Waals surface area contributed by atoms with Crippen LogP contribution in [0.4, 0.5) is 0 Å². The molecule has 221 valence electrons. The van der Waals surface area contributed by atoms with Crippen LogP contribution in [0, 0.1) is 28.7 Å². The number of aliphatic hydroxyl groups excluding tert-OH is 2. The number of aliphatic hydroxyl groups is 2. The normalized spacial score (nSPS) is 24.1. The zero-order valence-corrected chi connectivity index (χ0v) is 27.3. The van der Waals surface area contributed by atoms with Crippen LogP contribution in [0.1, 0.15) is 72.6 Å². The first kappa shape index (κ1) is 31.6. The van der Waals surface area contributed by atoms with E-state index in [1.165, 1.54) is 6.42 Å². The van der Waals surface area contributed by atoms with Gasteiger partial charge in [0.25, 0.3) is 0 Å². The van der Waals surface area contributed by atoms with Crippen LogP contribution in [0.15, 0.2) is 79.0 Å². The van der Waals surface area contributed by atoms with Crippen LogP contribution < -0.4 is 0 Å². The van der Waals surface area contributed by atoms with Crippen molar-refractivity contribution in [2.24, 2.45) is 22.7 Å². The van der Waals surface area contributed by atoms with Crippen molar-refractivity contribution in [1.82, 2.24) is 9.55 Å². The average molecular weight is 730 g/mol. The van der Waals surface area contributed by atoms with Crippen molar-refractivity contribution in [1.29, 1.82) is 0 Å². The fraction of sp³-hybridized carbons (Fsp3) is 0.472. The van der Waals surface area contributed by atoms with Crippen molar-refractivity contribution in [2.75, 3.05) is 0 Å². The number of benzene rings is 2. The van der Waals surface area contributed by atoms with E-state index in [1.807, 2.05) is 48.7 Å². The van der Waals surface area contributed by atoms with Gasteiger partial charge in [0.1, 0.15) is 0 Å². The predicted molar refractivity (Wildman–Crippen MR) is 164 cm³/mol. The van der Waals surface area contributed by atoms with Gasteiger partial charge in [0, 0.05) is 43.6 Å². The smallest absolute Gasteiger partial charge is 0.0651 e. The van der Waals surface area contributed by atoms with Gasteiger partial charge >= 0.3 is 0 Å². The molecule has 2 saturated carbocycles. The van der Waals surface area contributed by atoms with Gasteiger partial charge in [-0.3, -0.25) is 0 Å². The molecule has 0 aliphatic heterocycles. The maximum absolute atomic E-state index is 10.9. The third-order valence-electron chi connectivity index (χ3n) is 10.6. The summed E-state index contributed by atoms with van der Waals surface area (Å²) in [7, 11) is 0. The topological polar surface area (TPSA) is 58.3 Å². The van der Waals surface area contributed by atoms with Crippen LogP contribution >= 0.6 is 0 Å². The molecule has 2 aliphatic rings. The Bertz CT molecular complexity index is 1370. The molecule has 0 saturated heterocycles. The summed E-state index contributed by atoms with van der Waals surface area (Å²) in [6, 6.07) is 28.1. The quantitative estimate of drug-likeness (QED) is 0.197. The Balaban J connectivity index is 0.000000186. The molecule has 41 heavy (non-hydrogen) atoms. The van der Waals surface area contributed by atoms with Gasteiger partial charge in [0.15, 0.2) is 0 Å². The second-order valence-corrected chi connectivity index (χ2v) is 12.0. The van der Waals surface area contributed by atoms with Gasteiger partial charge in [0.05, 0.1) is 12.2 Å². The van der Waals surface area contributed by atoms with Crippen LogP contribution in [0.25, 0.3) is 28.0 Å². The second-order valence-electron chi connectivity index (χ2n) is 12.0. The Labute approximate surface area is 259 Å². The second kappa shape index (κ2) is 13.3. The summed E-state index contributed by atoms with van der Waals surface area (Å²) in [4.78, 5) is 4.48. The monoisotopic (exact) mass is 730 g/mol. The van der Waals surface area contributed by atoms with E-state index in [1.54, 1.807) is 0 Å². The van der Waals surface area contributed by atoms with Crippen LogP contribution in [0.3, 0.4) is 0 Å². The minimum atomic E-state index is -0.309. The summed E-state index contributed by atoms with van der Waals surface area (Å²) >= 11 is 0. The number of para-hydroxylation sites is 2. The Kier molecular flexibility index (Phi) is 10.3. The van der Waals surface area contributed by atoms with Crippen LogP contribution in [0.5, 0.6) is 0 Å². The van der Waals surface area contributed by atoms with Gasteiger partial charge in [-0.15, -0.1) is 23.6 Å². The molecular formula is C36H45IrN2O2-. The largest absolute Gasteiger partial charge is 0.392 e. The molecule has 2 aromatic heterocycles. The van der Waals surface area contributed by atoms with Crippen LogP contribution in [-0.4, -0.2) is 32.0 Å². The summed E-state index contributed by atoms with van der Waals surface area (Å²) in [6.45, 7) is 8.79. The van der Waals surface area contributed by atoms with Crippen LogP contribution in [-0.2, 0) is 20.1 Å². The van der Waals surface area contributed by atoms with E-state index < -0.39 is 0 Å². The molecule has 2 heterocycles. The summed E-state index contributed by atoms with van der Waals surface area (Å²) in [5, 5.41) is 22.9. The molecule has 2 aliphatic carbocycles. The molecule has 2 fully saturated rings. The number of fused-ring (bicyclic) bond motifs is 2. The van der Waals surface area contributed by atoms with Crippen LogP contribution in [0.2, 0.25) is 0 Å². The zero-order chi connectivity index (χ0) is 28.3. The van der Waals surface area contributed by atoms with Gasteiger partial charge in [-0.05, 0) is 91.1 Å². The van der Waals surface area contributed by atoms with E-state index >= 15 is 0 Å². The molecule has 0 spiro atoms. The number of pyridine rings is 1. The van der Waals surface area contributed by atoms with Gasteiger partial charge in [-0.2, -0.15) is 0 Å². The van der Waals surface area contributed by atoms with E-state index in [-0.39, 0.29) is 49.1 Å². The van der Waals surface area contributed by atoms with E-state index in [0.717, 1.165) is 66.5 Å². The number of rotatable bonds is 6. The van der Waals surface area contributed by atoms with Crippen molar-refractivity contribution in [3.05, 3.63) is 85.1 Å². The molecule has 1 radical (unpaired) electrons. The third kappa shape index (κ3) is 5.71. The van der Waals surface area contributed by atoms with Crippen molar-refractivity contribution < 1.29 is 30.3 Å². The number of hydrogen-bond donors (Lipinski definition) is 2. The van der Waals surface area contributed by atoms with Crippen molar-refractivity contribution in [3.8, 4) is 17.1 Å². The SMILES string of the molecule is CCC1(CC)CCC2CC(CC)(CC)C(O)C2C1O.[Ir].[c-]1c(-c2ccccn2)n(-c2ccccc2)c2ccccc12. The minimum absolute atomic E-state index is 0.